The number of aliphatic imine (C=N–C) groups is 1. The summed E-state index contributed by atoms with van der Waals surface area (Å²) in [6.07, 6.45) is 2.79. The number of hydrogen-bond acceptors (Lipinski definition) is 8. The molecule has 7 rings (SSSR count). The number of nitrogens with zero attached hydrogens (tertiary/aromatic N) is 1. The van der Waals surface area contributed by atoms with Crippen molar-refractivity contribution in [3.8, 4) is 11.1 Å². The third kappa shape index (κ3) is 12.4. The Balaban J connectivity index is 1.12. The van der Waals surface area contributed by atoms with Crippen molar-refractivity contribution in [2.45, 2.75) is 89.5 Å². The molecule has 0 saturated heterocycles. The van der Waals surface area contributed by atoms with Crippen LogP contribution in [-0.4, -0.2) is 100 Å². The lowest BCUT2D eigenvalue weighted by Gasteiger charge is -2.28. The lowest BCUT2D eigenvalue weighted by Crippen LogP contribution is -2.60. The highest BCUT2D eigenvalue weighted by atomic mass is 16.5. The molecule has 1 aliphatic carbocycles. The van der Waals surface area contributed by atoms with E-state index in [1.165, 1.54) is 0 Å². The minimum atomic E-state index is -1.34. The van der Waals surface area contributed by atoms with Crippen LogP contribution >= 0.6 is 0 Å². The number of H-pyrrole nitrogens is 2. The molecule has 71 heavy (non-hydrogen) atoms. The SMILES string of the molecule is CC(C)[C@H](NC(=O)[C@H](Cc1c[nH]c2ccccc12)NC(=O)[C@H](Cc1c[nH]c2ccccc12)NC(=O)[C@H](CCCN=C(N)N)NC(=O)[C@@H](NC(=O)OCC1c2ccccc2-c2ccccc21)C(C)C)C(=O)O. The number of amides is 5. The van der Waals surface area contributed by atoms with Gasteiger partial charge in [-0.25, -0.2) is 9.59 Å². The minimum Gasteiger partial charge on any atom is -0.480 e. The summed E-state index contributed by atoms with van der Waals surface area (Å²) < 4.78 is 5.78. The van der Waals surface area contributed by atoms with Gasteiger partial charge in [0.2, 0.25) is 23.6 Å². The Morgan fingerprint density at radius 2 is 1.07 bits per heavy atom. The zero-order valence-corrected chi connectivity index (χ0v) is 40.2. The Bertz CT molecular complexity index is 2870. The Labute approximate surface area is 411 Å². The number of guanidine groups is 1. The normalized spacial score (nSPS) is 14.1. The van der Waals surface area contributed by atoms with E-state index in [0.29, 0.717) is 11.1 Å². The lowest BCUT2D eigenvalue weighted by molar-refractivity contribution is -0.143. The number of carboxylic acid groups (broad SMARTS) is 1. The van der Waals surface area contributed by atoms with Gasteiger partial charge >= 0.3 is 12.1 Å². The van der Waals surface area contributed by atoms with E-state index in [4.69, 9.17) is 16.2 Å². The maximum absolute atomic E-state index is 14.8. The van der Waals surface area contributed by atoms with E-state index in [2.05, 4.69) is 41.5 Å². The average molecular weight is 967 g/mol. The molecular formula is C53H62N10O8. The monoisotopic (exact) mass is 966 g/mol. The second-order valence-electron chi connectivity index (χ2n) is 18.5. The summed E-state index contributed by atoms with van der Waals surface area (Å²) in [6, 6.07) is 24.4. The Morgan fingerprint density at radius 1 is 0.606 bits per heavy atom. The minimum absolute atomic E-state index is 0.0168. The molecule has 5 amide bonds. The summed E-state index contributed by atoms with van der Waals surface area (Å²) in [5, 5.41) is 25.4. The number of ether oxygens (including phenoxy) is 1. The molecule has 0 aliphatic heterocycles. The highest BCUT2D eigenvalue weighted by molar-refractivity contribution is 5.97. The molecule has 18 heteroatoms. The second-order valence-corrected chi connectivity index (χ2v) is 18.5. The number of aliphatic carboxylic acids is 1. The van der Waals surface area contributed by atoms with Gasteiger partial charge in [-0.2, -0.15) is 0 Å². The molecule has 0 saturated carbocycles. The largest absolute Gasteiger partial charge is 0.480 e. The molecule has 1 aliphatic rings. The topological polar surface area (TPSA) is 288 Å². The van der Waals surface area contributed by atoms with Crippen LogP contribution in [0.2, 0.25) is 0 Å². The number of aromatic amines is 2. The number of rotatable bonds is 22. The van der Waals surface area contributed by atoms with E-state index in [1.54, 1.807) is 40.1 Å². The molecule has 0 unspecified atom stereocenters. The number of nitrogens with two attached hydrogens (primary N) is 2. The zero-order chi connectivity index (χ0) is 50.8. The number of nitrogens with one attached hydrogen (secondary N) is 7. The predicted octanol–water partition coefficient (Wildman–Crippen LogP) is 4.73. The number of carbonyl (C=O) groups is 6. The van der Waals surface area contributed by atoms with E-state index >= 15 is 0 Å². The zero-order valence-electron chi connectivity index (χ0n) is 40.2. The van der Waals surface area contributed by atoms with Crippen LogP contribution in [0.5, 0.6) is 0 Å². The Hall–Kier alpha value is -8.15. The number of benzene rings is 4. The number of aromatic nitrogens is 2. The molecular weight excluding hydrogens is 905 g/mol. The fourth-order valence-corrected chi connectivity index (χ4v) is 9.11. The van der Waals surface area contributed by atoms with Gasteiger partial charge in [0.25, 0.3) is 0 Å². The van der Waals surface area contributed by atoms with Crippen molar-refractivity contribution in [2.75, 3.05) is 13.2 Å². The van der Waals surface area contributed by atoms with E-state index in [1.807, 2.05) is 97.1 Å². The maximum atomic E-state index is 14.8. The summed E-state index contributed by atoms with van der Waals surface area (Å²) in [7, 11) is 0. The molecule has 12 N–H and O–H groups in total. The molecule has 0 radical (unpaired) electrons. The van der Waals surface area contributed by atoms with Gasteiger partial charge < -0.3 is 57.9 Å². The third-order valence-corrected chi connectivity index (χ3v) is 12.8. The van der Waals surface area contributed by atoms with Crippen molar-refractivity contribution in [1.82, 2.24) is 36.6 Å². The van der Waals surface area contributed by atoms with Crippen LogP contribution in [0.25, 0.3) is 32.9 Å². The standard InChI is InChI=1S/C53H62N10O8/c1-29(2)45(63-53(70)71-28-39-37-18-7-5-16-35(37)36-17-6-8-19-38(36)39)50(67)59-42(22-13-23-56-52(54)55)47(64)60-43(24-31-26-57-40-20-11-9-14-33(31)40)48(65)61-44(49(66)62-46(30(3)4)51(68)69)25-32-27-58-41-21-12-10-15-34(32)41/h5-12,14-21,26-27,29-30,39,42-46,57-58H,13,22-25,28H2,1-4H3,(H,59,67)(H,60,64)(H,61,65)(H,62,66)(H,63,70)(H,68,69)(H4,54,55,56)/t42-,43-,44-,45-,46-/m0/s1. The van der Waals surface area contributed by atoms with Crippen molar-refractivity contribution in [3.63, 3.8) is 0 Å². The average Bonchev–Trinajstić information content (AvgIpc) is 4.05. The van der Waals surface area contributed by atoms with E-state index in [0.717, 1.165) is 44.1 Å². The van der Waals surface area contributed by atoms with Gasteiger partial charge in [0, 0.05) is 59.5 Å². The first-order chi connectivity index (χ1) is 34.1. The lowest BCUT2D eigenvalue weighted by atomic mass is 9.98. The number of fused-ring (bicyclic) bond motifs is 5. The molecule has 6 aromatic rings. The van der Waals surface area contributed by atoms with Gasteiger partial charge in [0.05, 0.1) is 0 Å². The first-order valence-electron chi connectivity index (χ1n) is 23.8. The van der Waals surface area contributed by atoms with Crippen molar-refractivity contribution >= 4 is 63.5 Å². The number of alkyl carbamates (subject to hydrolysis) is 1. The molecule has 2 aromatic heterocycles. The summed E-state index contributed by atoms with van der Waals surface area (Å²) >= 11 is 0. The fourth-order valence-electron chi connectivity index (χ4n) is 9.11. The summed E-state index contributed by atoms with van der Waals surface area (Å²) in [6.45, 7) is 6.94. The van der Waals surface area contributed by atoms with Gasteiger partial charge in [-0.15, -0.1) is 0 Å². The molecule has 5 atom stereocenters. The van der Waals surface area contributed by atoms with Crippen LogP contribution in [0.3, 0.4) is 0 Å². The molecule has 0 fully saturated rings. The molecule has 4 aromatic carbocycles. The number of para-hydroxylation sites is 2. The first kappa shape index (κ1) is 50.7. The van der Waals surface area contributed by atoms with Gasteiger partial charge in [0.1, 0.15) is 36.8 Å². The summed E-state index contributed by atoms with van der Waals surface area (Å²) in [5.41, 5.74) is 18.3. The summed E-state index contributed by atoms with van der Waals surface area (Å²) in [4.78, 5) is 93.9. The number of carboxylic acids is 1. The third-order valence-electron chi connectivity index (χ3n) is 12.8. The second kappa shape index (κ2) is 23.0. The van der Waals surface area contributed by atoms with Crippen LogP contribution in [-0.2, 0) is 41.6 Å². The molecule has 2 heterocycles. The van der Waals surface area contributed by atoms with Gasteiger partial charge in [-0.3, -0.25) is 24.2 Å². The first-order valence-corrected chi connectivity index (χ1v) is 23.8. The molecule has 372 valence electrons. The maximum Gasteiger partial charge on any atom is 0.407 e. The molecule has 0 spiro atoms. The van der Waals surface area contributed by atoms with Gasteiger partial charge in [0.15, 0.2) is 5.96 Å². The predicted molar refractivity (Wildman–Crippen MR) is 271 cm³/mol. The highest BCUT2D eigenvalue weighted by Gasteiger charge is 2.35. The van der Waals surface area contributed by atoms with Crippen LogP contribution in [0.4, 0.5) is 4.79 Å². The Kier molecular flexibility index (Phi) is 16.4. The van der Waals surface area contributed by atoms with Gasteiger partial charge in [-0.1, -0.05) is 113 Å². The van der Waals surface area contributed by atoms with Crippen LogP contribution < -0.4 is 38.1 Å². The van der Waals surface area contributed by atoms with Crippen molar-refractivity contribution in [3.05, 3.63) is 132 Å². The van der Waals surface area contributed by atoms with Crippen LogP contribution in [0.1, 0.15) is 68.7 Å². The van der Waals surface area contributed by atoms with Crippen LogP contribution in [0, 0.1) is 11.8 Å². The van der Waals surface area contributed by atoms with E-state index in [-0.39, 0.29) is 50.7 Å². The van der Waals surface area contributed by atoms with Crippen LogP contribution in [0.15, 0.2) is 114 Å². The molecule has 18 nitrogen and oxygen atoms in total. The van der Waals surface area contributed by atoms with E-state index in [9.17, 15) is 33.9 Å². The number of hydrogen-bond donors (Lipinski definition) is 10. The summed E-state index contributed by atoms with van der Waals surface area (Å²) in [5.74, 6) is -5.47. The van der Waals surface area contributed by atoms with Crippen molar-refractivity contribution < 1.29 is 38.6 Å². The van der Waals surface area contributed by atoms with Crippen molar-refractivity contribution in [2.24, 2.45) is 28.3 Å². The number of carbonyl (C=O) groups excluding carboxylic acids is 5. The quantitative estimate of drug-likeness (QED) is 0.0254. The smallest absolute Gasteiger partial charge is 0.407 e. The van der Waals surface area contributed by atoms with Gasteiger partial charge in [-0.05, 0) is 70.2 Å². The van der Waals surface area contributed by atoms with E-state index < -0.39 is 77.7 Å². The highest BCUT2D eigenvalue weighted by Crippen LogP contribution is 2.44. The van der Waals surface area contributed by atoms with Crippen molar-refractivity contribution in [1.29, 1.82) is 0 Å². The Morgan fingerprint density at radius 3 is 1.58 bits per heavy atom. The molecule has 0 bridgehead atoms. The fraction of sp³-hybridized carbons (Fsp3) is 0.340.